The second-order valence-electron chi connectivity index (χ2n) is 5.02. The molecule has 2 aliphatic rings. The first kappa shape index (κ1) is 12.3. The fraction of sp³-hybridized carbons (Fsp3) is 0.923. The molecule has 2 heterocycles. The van der Waals surface area contributed by atoms with Crippen molar-refractivity contribution in [1.82, 2.24) is 4.90 Å². The minimum Gasteiger partial charge on any atom is -0.336 e. The van der Waals surface area contributed by atoms with Crippen molar-refractivity contribution in [2.24, 2.45) is 0 Å². The molecule has 2 bridgehead atoms. The van der Waals surface area contributed by atoms with E-state index in [0.29, 0.717) is 23.7 Å². The molecule has 0 aromatic heterocycles. The molecule has 0 aliphatic carbocycles. The van der Waals surface area contributed by atoms with Crippen LogP contribution in [0.5, 0.6) is 0 Å². The van der Waals surface area contributed by atoms with Crippen molar-refractivity contribution in [3.63, 3.8) is 0 Å². The molecule has 0 saturated carbocycles. The minimum absolute atomic E-state index is 0.410. The maximum absolute atomic E-state index is 12.1. The van der Waals surface area contributed by atoms with Gasteiger partial charge in [-0.1, -0.05) is 13.3 Å². The number of nitrogens with zero attached hydrogens (tertiary/aromatic N) is 1. The number of carbonyl (C=O) groups excluding carboxylic acids is 1. The van der Waals surface area contributed by atoms with Crippen LogP contribution >= 0.6 is 11.8 Å². The topological polar surface area (TPSA) is 20.3 Å². The van der Waals surface area contributed by atoms with Crippen molar-refractivity contribution in [1.29, 1.82) is 0 Å². The molecule has 1 amide bonds. The summed E-state index contributed by atoms with van der Waals surface area (Å²) >= 11 is 1.82. The second kappa shape index (κ2) is 5.95. The van der Waals surface area contributed by atoms with Gasteiger partial charge < -0.3 is 4.90 Å². The molecule has 2 fully saturated rings. The zero-order valence-corrected chi connectivity index (χ0v) is 11.1. The fourth-order valence-corrected chi connectivity index (χ4v) is 3.97. The smallest absolute Gasteiger partial charge is 0.233 e. The van der Waals surface area contributed by atoms with Gasteiger partial charge in [-0.05, 0) is 44.3 Å². The molecule has 0 N–H and O–H groups in total. The predicted molar refractivity (Wildman–Crippen MR) is 69.7 cm³/mol. The maximum atomic E-state index is 12.1. The number of piperidine rings is 1. The van der Waals surface area contributed by atoms with E-state index < -0.39 is 0 Å². The van der Waals surface area contributed by atoms with Gasteiger partial charge in [-0.15, -0.1) is 0 Å². The number of fused-ring (bicyclic) bond motifs is 2. The van der Waals surface area contributed by atoms with Gasteiger partial charge in [0.2, 0.25) is 5.91 Å². The van der Waals surface area contributed by atoms with E-state index in [0.717, 1.165) is 5.75 Å². The number of amides is 1. The van der Waals surface area contributed by atoms with Crippen molar-refractivity contribution in [2.75, 3.05) is 11.5 Å². The Morgan fingerprint density at radius 2 is 1.94 bits per heavy atom. The van der Waals surface area contributed by atoms with E-state index in [1.165, 1.54) is 44.9 Å². The normalized spacial score (nSPS) is 28.4. The lowest BCUT2D eigenvalue weighted by atomic mass is 10.0. The molecule has 2 rings (SSSR count). The van der Waals surface area contributed by atoms with Gasteiger partial charge in [-0.2, -0.15) is 11.8 Å². The van der Waals surface area contributed by atoms with Gasteiger partial charge in [0.25, 0.3) is 0 Å². The molecular formula is C13H23NOS. The number of hydrogen-bond donors (Lipinski definition) is 0. The second-order valence-corrected chi connectivity index (χ2v) is 6.13. The quantitative estimate of drug-likeness (QED) is 0.690. The van der Waals surface area contributed by atoms with Crippen LogP contribution in [0, 0.1) is 0 Å². The summed E-state index contributed by atoms with van der Waals surface area (Å²) in [5, 5.41) is 0. The Hall–Kier alpha value is -0.180. The van der Waals surface area contributed by atoms with E-state index >= 15 is 0 Å². The van der Waals surface area contributed by atoms with Crippen LogP contribution < -0.4 is 0 Å². The highest BCUT2D eigenvalue weighted by Gasteiger charge is 2.38. The molecule has 2 atom stereocenters. The fourth-order valence-electron chi connectivity index (χ4n) is 3.00. The Morgan fingerprint density at radius 3 is 2.56 bits per heavy atom. The highest BCUT2D eigenvalue weighted by molar-refractivity contribution is 7.99. The summed E-state index contributed by atoms with van der Waals surface area (Å²) in [5.41, 5.74) is 0. The van der Waals surface area contributed by atoms with Crippen LogP contribution in [0.1, 0.15) is 51.9 Å². The third kappa shape index (κ3) is 2.73. The average molecular weight is 241 g/mol. The van der Waals surface area contributed by atoms with Gasteiger partial charge >= 0.3 is 0 Å². The summed E-state index contributed by atoms with van der Waals surface area (Å²) in [4.78, 5) is 14.4. The molecule has 2 nitrogen and oxygen atoms in total. The Kier molecular flexibility index (Phi) is 4.56. The lowest BCUT2D eigenvalue weighted by Gasteiger charge is -2.34. The van der Waals surface area contributed by atoms with Crippen LogP contribution in [0.15, 0.2) is 0 Å². The molecule has 2 unspecified atom stereocenters. The highest BCUT2D eigenvalue weighted by atomic mass is 32.2. The average Bonchev–Trinajstić information content (AvgIpc) is 2.55. The molecule has 0 radical (unpaired) electrons. The van der Waals surface area contributed by atoms with Crippen LogP contribution in [0.4, 0.5) is 0 Å². The number of carbonyl (C=O) groups is 1. The Bertz CT molecular complexity index is 228. The summed E-state index contributed by atoms with van der Waals surface area (Å²) in [6.07, 6.45) is 8.83. The van der Waals surface area contributed by atoms with Gasteiger partial charge in [0.15, 0.2) is 0 Å². The van der Waals surface area contributed by atoms with Crippen molar-refractivity contribution in [2.45, 2.75) is 64.0 Å². The predicted octanol–water partition coefficient (Wildman–Crippen LogP) is 3.06. The van der Waals surface area contributed by atoms with Crippen LogP contribution in [0.2, 0.25) is 0 Å². The zero-order chi connectivity index (χ0) is 11.4. The van der Waals surface area contributed by atoms with Crippen molar-refractivity contribution >= 4 is 17.7 Å². The lowest BCUT2D eigenvalue weighted by Crippen LogP contribution is -2.44. The summed E-state index contributed by atoms with van der Waals surface area (Å²) < 4.78 is 0. The maximum Gasteiger partial charge on any atom is 0.233 e. The van der Waals surface area contributed by atoms with Gasteiger partial charge in [0, 0.05) is 12.1 Å². The Labute approximate surface area is 103 Å². The number of hydrogen-bond acceptors (Lipinski definition) is 2. The molecule has 92 valence electrons. The molecule has 0 aromatic carbocycles. The monoisotopic (exact) mass is 241 g/mol. The van der Waals surface area contributed by atoms with Crippen molar-refractivity contribution in [3.8, 4) is 0 Å². The molecule has 2 aliphatic heterocycles. The first-order chi connectivity index (χ1) is 7.83. The van der Waals surface area contributed by atoms with E-state index in [4.69, 9.17) is 0 Å². The molecule has 0 spiro atoms. The molecule has 3 heteroatoms. The number of thioether (sulfide) groups is 1. The lowest BCUT2D eigenvalue weighted by molar-refractivity contribution is -0.132. The van der Waals surface area contributed by atoms with E-state index in [1.54, 1.807) is 0 Å². The first-order valence-corrected chi connectivity index (χ1v) is 7.87. The van der Waals surface area contributed by atoms with Crippen LogP contribution in [-0.2, 0) is 4.79 Å². The van der Waals surface area contributed by atoms with Crippen LogP contribution in [0.3, 0.4) is 0 Å². The number of rotatable bonds is 5. The largest absolute Gasteiger partial charge is 0.336 e. The van der Waals surface area contributed by atoms with Crippen LogP contribution in [-0.4, -0.2) is 34.4 Å². The van der Waals surface area contributed by atoms with Gasteiger partial charge in [-0.3, -0.25) is 4.79 Å². The van der Waals surface area contributed by atoms with E-state index in [1.807, 2.05) is 11.8 Å². The Morgan fingerprint density at radius 1 is 1.25 bits per heavy atom. The van der Waals surface area contributed by atoms with Gasteiger partial charge in [-0.25, -0.2) is 0 Å². The van der Waals surface area contributed by atoms with Crippen molar-refractivity contribution < 1.29 is 4.79 Å². The standard InChI is InChI=1S/C13H23NOS/c1-2-3-9-16-10-13(15)14-11-5-4-6-12(14)8-7-11/h11-12H,2-10H2,1H3. The number of unbranched alkanes of at least 4 members (excludes halogenated alkanes) is 1. The molecular weight excluding hydrogens is 218 g/mol. The summed E-state index contributed by atoms with van der Waals surface area (Å²) in [6.45, 7) is 2.20. The van der Waals surface area contributed by atoms with E-state index in [-0.39, 0.29) is 0 Å². The molecule has 0 aromatic rings. The highest BCUT2D eigenvalue weighted by Crippen LogP contribution is 2.35. The van der Waals surface area contributed by atoms with Gasteiger partial charge in [0.05, 0.1) is 5.75 Å². The third-order valence-electron chi connectivity index (χ3n) is 3.85. The molecule has 16 heavy (non-hydrogen) atoms. The third-order valence-corrected chi connectivity index (χ3v) is 4.88. The van der Waals surface area contributed by atoms with Crippen LogP contribution in [0.25, 0.3) is 0 Å². The summed E-state index contributed by atoms with van der Waals surface area (Å²) in [6, 6.07) is 1.19. The molecule has 2 saturated heterocycles. The summed E-state index contributed by atoms with van der Waals surface area (Å²) in [7, 11) is 0. The minimum atomic E-state index is 0.410. The van der Waals surface area contributed by atoms with E-state index in [9.17, 15) is 4.79 Å². The first-order valence-electron chi connectivity index (χ1n) is 6.72. The Balaban J connectivity index is 1.76. The SMILES string of the molecule is CCCCSCC(=O)N1C2CCCC1CC2. The summed E-state index contributed by atoms with van der Waals surface area (Å²) in [5.74, 6) is 2.27. The van der Waals surface area contributed by atoms with E-state index in [2.05, 4.69) is 11.8 Å². The zero-order valence-electron chi connectivity index (χ0n) is 10.3. The van der Waals surface area contributed by atoms with Gasteiger partial charge in [0.1, 0.15) is 0 Å². The van der Waals surface area contributed by atoms with Crippen molar-refractivity contribution in [3.05, 3.63) is 0 Å².